The molecule has 104 valence electrons. The van der Waals surface area contributed by atoms with Gasteiger partial charge in [0.15, 0.2) is 0 Å². The lowest BCUT2D eigenvalue weighted by atomic mass is 9.94. The van der Waals surface area contributed by atoms with Crippen molar-refractivity contribution in [2.75, 3.05) is 39.8 Å². The monoisotopic (exact) mass is 263 g/mol. The van der Waals surface area contributed by atoms with E-state index in [1.165, 1.54) is 13.1 Å². The summed E-state index contributed by atoms with van der Waals surface area (Å²) in [7, 11) is 1.99. The van der Waals surface area contributed by atoms with Crippen molar-refractivity contribution in [1.82, 2.24) is 15.1 Å². The third-order valence-electron chi connectivity index (χ3n) is 4.55. The van der Waals surface area contributed by atoms with Crippen molar-refractivity contribution >= 4 is 0 Å². The van der Waals surface area contributed by atoms with Gasteiger partial charge < -0.3 is 5.32 Å². The van der Waals surface area contributed by atoms with Gasteiger partial charge >= 0.3 is 0 Å². The largest absolute Gasteiger partial charge is 0.315 e. The van der Waals surface area contributed by atoms with Gasteiger partial charge in [0.1, 0.15) is 5.82 Å². The molecule has 3 fully saturated rings. The molecule has 1 aromatic rings. The van der Waals surface area contributed by atoms with Crippen molar-refractivity contribution in [1.29, 1.82) is 0 Å². The summed E-state index contributed by atoms with van der Waals surface area (Å²) < 4.78 is 13.8. The van der Waals surface area contributed by atoms with Gasteiger partial charge in [-0.05, 0) is 25.1 Å². The van der Waals surface area contributed by atoms with Crippen molar-refractivity contribution in [3.8, 4) is 0 Å². The van der Waals surface area contributed by atoms with Crippen LogP contribution >= 0.6 is 0 Å². The van der Waals surface area contributed by atoms with Crippen molar-refractivity contribution in [2.24, 2.45) is 0 Å². The molecule has 2 bridgehead atoms. The van der Waals surface area contributed by atoms with Gasteiger partial charge in [-0.2, -0.15) is 0 Å². The predicted octanol–water partition coefficient (Wildman–Crippen LogP) is 0.956. The third-order valence-corrected chi connectivity index (χ3v) is 4.55. The molecule has 3 aliphatic heterocycles. The topological polar surface area (TPSA) is 18.5 Å². The highest BCUT2D eigenvalue weighted by molar-refractivity contribution is 5.19. The number of likely N-dealkylation sites (N-methyl/N-ethyl adjacent to an activating group) is 1. The normalized spacial score (nSPS) is 31.4. The summed E-state index contributed by atoms with van der Waals surface area (Å²) in [6.45, 7) is 5.79. The van der Waals surface area contributed by atoms with Crippen LogP contribution in [0.3, 0.4) is 0 Å². The van der Waals surface area contributed by atoms with Crippen molar-refractivity contribution < 1.29 is 4.39 Å². The van der Waals surface area contributed by atoms with Crippen LogP contribution in [0, 0.1) is 5.82 Å². The highest BCUT2D eigenvalue weighted by atomic mass is 19.1. The van der Waals surface area contributed by atoms with Crippen LogP contribution in [-0.2, 0) is 6.42 Å². The molecular weight excluding hydrogens is 241 g/mol. The summed E-state index contributed by atoms with van der Waals surface area (Å²) in [6.07, 6.45) is 0.762. The Morgan fingerprint density at radius 1 is 1.26 bits per heavy atom. The Bertz CT molecular complexity index is 429. The lowest BCUT2D eigenvalue weighted by Crippen LogP contribution is -2.66. The number of hydrogen-bond acceptors (Lipinski definition) is 3. The molecule has 2 unspecified atom stereocenters. The maximum atomic E-state index is 13.8. The Hall–Kier alpha value is -0.970. The standard InChI is InChI=1S/C15H22FN3/c1-17-14(10-12-4-2-3-5-13(12)16)15-11-18-6-8-19(15)9-7-18/h2-5,14-15,17H,6-11H2,1H3. The molecule has 4 rings (SSSR count). The van der Waals surface area contributed by atoms with Gasteiger partial charge in [0, 0.05) is 44.8 Å². The second-order valence-corrected chi connectivity index (χ2v) is 5.59. The zero-order valence-electron chi connectivity index (χ0n) is 11.5. The Morgan fingerprint density at radius 3 is 2.58 bits per heavy atom. The lowest BCUT2D eigenvalue weighted by Gasteiger charge is -2.50. The van der Waals surface area contributed by atoms with Crippen LogP contribution in [0.4, 0.5) is 4.39 Å². The van der Waals surface area contributed by atoms with Crippen LogP contribution in [0.15, 0.2) is 24.3 Å². The summed E-state index contributed by atoms with van der Waals surface area (Å²) >= 11 is 0. The predicted molar refractivity (Wildman–Crippen MR) is 74.8 cm³/mol. The van der Waals surface area contributed by atoms with E-state index in [0.717, 1.165) is 31.6 Å². The molecule has 0 amide bonds. The summed E-state index contributed by atoms with van der Waals surface area (Å²) in [6, 6.07) is 7.95. The number of nitrogens with one attached hydrogen (secondary N) is 1. The zero-order valence-corrected chi connectivity index (χ0v) is 11.5. The van der Waals surface area contributed by atoms with Gasteiger partial charge in [0.05, 0.1) is 0 Å². The van der Waals surface area contributed by atoms with Crippen molar-refractivity contribution in [3.63, 3.8) is 0 Å². The lowest BCUT2D eigenvalue weighted by molar-refractivity contribution is -0.00212. The Morgan fingerprint density at radius 2 is 2.00 bits per heavy atom. The first-order valence-electron chi connectivity index (χ1n) is 7.15. The molecule has 0 aliphatic carbocycles. The molecule has 0 radical (unpaired) electrons. The van der Waals surface area contributed by atoms with Crippen LogP contribution in [0.25, 0.3) is 0 Å². The molecule has 1 aromatic carbocycles. The number of fused-ring (bicyclic) bond motifs is 3. The van der Waals surface area contributed by atoms with Crippen LogP contribution in [0.5, 0.6) is 0 Å². The fourth-order valence-corrected chi connectivity index (χ4v) is 3.37. The van der Waals surface area contributed by atoms with E-state index in [-0.39, 0.29) is 5.82 Å². The molecule has 2 atom stereocenters. The van der Waals surface area contributed by atoms with E-state index in [2.05, 4.69) is 15.1 Å². The molecule has 3 heterocycles. The summed E-state index contributed by atoms with van der Waals surface area (Å²) in [5.41, 5.74) is 0.819. The maximum absolute atomic E-state index is 13.8. The van der Waals surface area contributed by atoms with Crippen molar-refractivity contribution in [3.05, 3.63) is 35.6 Å². The Labute approximate surface area is 114 Å². The second kappa shape index (κ2) is 5.57. The molecule has 0 aromatic heterocycles. The number of piperazine rings is 3. The van der Waals surface area contributed by atoms with Crippen molar-refractivity contribution in [2.45, 2.75) is 18.5 Å². The van der Waals surface area contributed by atoms with Gasteiger partial charge in [-0.15, -0.1) is 0 Å². The average Bonchev–Trinajstić information content (AvgIpc) is 2.47. The number of halogens is 1. The molecule has 3 saturated heterocycles. The minimum absolute atomic E-state index is 0.0842. The minimum atomic E-state index is -0.0842. The van der Waals surface area contributed by atoms with Crippen LogP contribution in [0.1, 0.15) is 5.56 Å². The average molecular weight is 263 g/mol. The molecule has 3 aliphatic rings. The second-order valence-electron chi connectivity index (χ2n) is 5.59. The molecule has 0 spiro atoms. The van der Waals surface area contributed by atoms with Gasteiger partial charge in [-0.1, -0.05) is 18.2 Å². The van der Waals surface area contributed by atoms with Gasteiger partial charge in [0.25, 0.3) is 0 Å². The minimum Gasteiger partial charge on any atom is -0.315 e. The fourth-order valence-electron chi connectivity index (χ4n) is 3.37. The summed E-state index contributed by atoms with van der Waals surface area (Å²) in [4.78, 5) is 5.08. The Balaban J connectivity index is 1.73. The number of hydrogen-bond donors (Lipinski definition) is 1. The van der Waals surface area contributed by atoms with E-state index in [4.69, 9.17) is 0 Å². The van der Waals surface area contributed by atoms with E-state index < -0.39 is 0 Å². The van der Waals surface area contributed by atoms with Crippen LogP contribution < -0.4 is 5.32 Å². The smallest absolute Gasteiger partial charge is 0.126 e. The van der Waals surface area contributed by atoms with E-state index in [0.29, 0.717) is 12.1 Å². The summed E-state index contributed by atoms with van der Waals surface area (Å²) in [5, 5.41) is 3.40. The number of rotatable bonds is 4. The van der Waals surface area contributed by atoms with E-state index in [1.807, 2.05) is 19.2 Å². The zero-order chi connectivity index (χ0) is 13.2. The van der Waals surface area contributed by atoms with E-state index in [9.17, 15) is 4.39 Å². The molecule has 3 nitrogen and oxygen atoms in total. The number of benzene rings is 1. The molecular formula is C15H22FN3. The van der Waals surface area contributed by atoms with Gasteiger partial charge in [0.2, 0.25) is 0 Å². The quantitative estimate of drug-likeness (QED) is 0.873. The Kier molecular flexibility index (Phi) is 3.82. The number of nitrogens with zero attached hydrogens (tertiary/aromatic N) is 2. The van der Waals surface area contributed by atoms with Crippen LogP contribution in [0.2, 0.25) is 0 Å². The molecule has 0 saturated carbocycles. The SMILES string of the molecule is CNC(Cc1ccccc1F)C1CN2CCN1CC2. The third kappa shape index (κ3) is 2.66. The first-order chi connectivity index (χ1) is 9.28. The molecule has 1 N–H and O–H groups in total. The molecule has 4 heteroatoms. The maximum Gasteiger partial charge on any atom is 0.126 e. The first kappa shape index (κ1) is 13.0. The van der Waals surface area contributed by atoms with Crippen LogP contribution in [-0.4, -0.2) is 61.7 Å². The summed E-state index contributed by atoms with van der Waals surface area (Å²) in [5.74, 6) is -0.0842. The van der Waals surface area contributed by atoms with E-state index in [1.54, 1.807) is 12.1 Å². The highest BCUT2D eigenvalue weighted by Gasteiger charge is 2.36. The first-order valence-corrected chi connectivity index (χ1v) is 7.15. The van der Waals surface area contributed by atoms with Gasteiger partial charge in [-0.25, -0.2) is 4.39 Å². The fraction of sp³-hybridized carbons (Fsp3) is 0.600. The van der Waals surface area contributed by atoms with E-state index >= 15 is 0 Å². The highest BCUT2D eigenvalue weighted by Crippen LogP contribution is 2.21. The van der Waals surface area contributed by atoms with Gasteiger partial charge in [-0.3, -0.25) is 9.80 Å². The molecule has 19 heavy (non-hydrogen) atoms.